The van der Waals surface area contributed by atoms with Crippen LogP contribution in [0.4, 0.5) is 11.4 Å². The van der Waals surface area contributed by atoms with Crippen molar-refractivity contribution in [1.29, 1.82) is 0 Å². The number of halogens is 1. The van der Waals surface area contributed by atoms with Gasteiger partial charge in [0.25, 0.3) is 29.1 Å². The molecule has 1 aliphatic heterocycles. The summed E-state index contributed by atoms with van der Waals surface area (Å²) in [5, 5.41) is 23.8. The van der Waals surface area contributed by atoms with Gasteiger partial charge >= 0.3 is 0 Å². The first-order valence-electron chi connectivity index (χ1n) is 10.1. The molecule has 0 radical (unpaired) electrons. The summed E-state index contributed by atoms with van der Waals surface area (Å²) in [6, 6.07) is 14.2. The van der Waals surface area contributed by atoms with Crippen molar-refractivity contribution in [1.82, 2.24) is 10.0 Å². The molecule has 0 N–H and O–H groups in total. The number of hydrogen-bond acceptors (Lipinski definition) is 8. The van der Waals surface area contributed by atoms with Gasteiger partial charge < -0.3 is 0 Å². The van der Waals surface area contributed by atoms with E-state index in [2.05, 4.69) is 15.9 Å². The number of fused-ring (bicyclic) bond motifs is 1. The number of nitro groups is 2. The highest BCUT2D eigenvalue weighted by molar-refractivity contribution is 9.10. The van der Waals surface area contributed by atoms with E-state index >= 15 is 0 Å². The number of hydrazine groups is 1. The zero-order chi connectivity index (χ0) is 26.1. The van der Waals surface area contributed by atoms with Gasteiger partial charge in [0.2, 0.25) is 0 Å². The smallest absolute Gasteiger partial charge is 0.287 e. The maximum atomic E-state index is 13.5. The van der Waals surface area contributed by atoms with E-state index in [0.717, 1.165) is 18.2 Å². The number of para-hydroxylation sites is 1. The van der Waals surface area contributed by atoms with Gasteiger partial charge in [-0.1, -0.05) is 46.3 Å². The van der Waals surface area contributed by atoms with Crippen LogP contribution in [-0.4, -0.2) is 49.9 Å². The summed E-state index contributed by atoms with van der Waals surface area (Å²) in [7, 11) is 0. The second-order valence-corrected chi connectivity index (χ2v) is 8.36. The van der Waals surface area contributed by atoms with E-state index in [4.69, 9.17) is 0 Å². The molecule has 12 nitrogen and oxygen atoms in total. The Morgan fingerprint density at radius 3 is 2.08 bits per heavy atom. The van der Waals surface area contributed by atoms with E-state index in [1.54, 1.807) is 12.1 Å². The van der Waals surface area contributed by atoms with Crippen molar-refractivity contribution < 1.29 is 29.0 Å². The van der Waals surface area contributed by atoms with Gasteiger partial charge in [0.15, 0.2) is 5.78 Å². The maximum absolute atomic E-state index is 13.5. The third-order valence-corrected chi connectivity index (χ3v) is 5.86. The summed E-state index contributed by atoms with van der Waals surface area (Å²) in [5.41, 5.74) is -2.54. The van der Waals surface area contributed by atoms with Gasteiger partial charge in [0.1, 0.15) is 17.7 Å². The third-order valence-electron chi connectivity index (χ3n) is 5.33. The monoisotopic (exact) mass is 552 g/mol. The first kappa shape index (κ1) is 24.3. The highest BCUT2D eigenvalue weighted by Gasteiger charge is 2.46. The number of carbonyl (C=O) groups is 4. The van der Waals surface area contributed by atoms with Crippen molar-refractivity contribution in [2.45, 2.75) is 0 Å². The molecule has 4 rings (SSSR count). The van der Waals surface area contributed by atoms with E-state index in [1.807, 2.05) is 0 Å². The SMILES string of the molecule is O=C(CN(C(=O)c1ccccc1[N+](=O)[O-])N1C(=O)c2cccc([N+](=O)[O-])c2C1=O)c1ccc(Br)cc1. The second kappa shape index (κ2) is 9.46. The van der Waals surface area contributed by atoms with Gasteiger partial charge in [-0.2, -0.15) is 5.01 Å². The minimum Gasteiger partial charge on any atom is -0.292 e. The predicted octanol–water partition coefficient (Wildman–Crippen LogP) is 3.80. The minimum atomic E-state index is -1.21. The lowest BCUT2D eigenvalue weighted by atomic mass is 10.1. The van der Waals surface area contributed by atoms with Gasteiger partial charge in [0.05, 0.1) is 15.4 Å². The summed E-state index contributed by atoms with van der Waals surface area (Å²) >= 11 is 3.23. The van der Waals surface area contributed by atoms with Gasteiger partial charge in [-0.15, -0.1) is 0 Å². The van der Waals surface area contributed by atoms with Crippen molar-refractivity contribution in [3.8, 4) is 0 Å². The first-order chi connectivity index (χ1) is 17.1. The van der Waals surface area contributed by atoms with Crippen LogP contribution in [0.5, 0.6) is 0 Å². The summed E-state index contributed by atoms with van der Waals surface area (Å²) in [4.78, 5) is 74.3. The van der Waals surface area contributed by atoms with Crippen molar-refractivity contribution in [3.05, 3.63) is 114 Å². The summed E-state index contributed by atoms with van der Waals surface area (Å²) in [5.74, 6) is -4.18. The Morgan fingerprint density at radius 1 is 0.833 bits per heavy atom. The molecule has 36 heavy (non-hydrogen) atoms. The highest BCUT2D eigenvalue weighted by Crippen LogP contribution is 2.33. The number of imide groups is 1. The van der Waals surface area contributed by atoms with E-state index in [0.29, 0.717) is 14.5 Å². The molecule has 0 fully saturated rings. The molecule has 13 heteroatoms. The molecule has 0 unspecified atom stereocenters. The Kier molecular flexibility index (Phi) is 6.40. The van der Waals surface area contributed by atoms with Crippen LogP contribution in [0.2, 0.25) is 0 Å². The van der Waals surface area contributed by atoms with Gasteiger partial charge in [-0.3, -0.25) is 39.4 Å². The fourth-order valence-electron chi connectivity index (χ4n) is 3.68. The molecule has 180 valence electrons. The van der Waals surface area contributed by atoms with Crippen LogP contribution in [-0.2, 0) is 0 Å². The molecule has 0 atom stereocenters. The topological polar surface area (TPSA) is 161 Å². The fraction of sp³-hybridized carbons (Fsp3) is 0.0435. The summed E-state index contributed by atoms with van der Waals surface area (Å²) in [6.45, 7) is -0.855. The van der Waals surface area contributed by atoms with Crippen LogP contribution in [0.1, 0.15) is 41.4 Å². The maximum Gasteiger partial charge on any atom is 0.287 e. The molecule has 1 aliphatic rings. The molecule has 1 heterocycles. The largest absolute Gasteiger partial charge is 0.292 e. The average molecular weight is 553 g/mol. The molecule has 0 saturated carbocycles. The van der Waals surface area contributed by atoms with Crippen LogP contribution in [0.25, 0.3) is 0 Å². The number of hydrogen-bond donors (Lipinski definition) is 0. The highest BCUT2D eigenvalue weighted by atomic mass is 79.9. The standard InChI is InChI=1S/C23H13BrN4O8/c24-14-10-8-13(9-11-14)19(29)12-25(21(30)15-4-1-2-6-17(15)27(33)34)26-22(31)16-5-3-7-18(28(35)36)20(16)23(26)32/h1-11H,12H2. The van der Waals surface area contributed by atoms with E-state index < -0.39 is 62.4 Å². The normalized spacial score (nSPS) is 12.3. The van der Waals surface area contributed by atoms with Gasteiger partial charge in [-0.05, 0) is 24.3 Å². The lowest BCUT2D eigenvalue weighted by Gasteiger charge is -2.29. The predicted molar refractivity (Wildman–Crippen MR) is 126 cm³/mol. The number of nitro benzene ring substituents is 2. The molecule has 0 bridgehead atoms. The number of Topliss-reactive ketones (excluding diaryl/α,β-unsaturated/α-hetero) is 1. The lowest BCUT2D eigenvalue weighted by molar-refractivity contribution is -0.385. The van der Waals surface area contributed by atoms with Crippen molar-refractivity contribution >= 4 is 50.8 Å². The lowest BCUT2D eigenvalue weighted by Crippen LogP contribution is -2.51. The number of ketones is 1. The van der Waals surface area contributed by atoms with E-state index in [-0.39, 0.29) is 11.1 Å². The Hall–Kier alpha value is -4.78. The number of carbonyl (C=O) groups excluding carboxylic acids is 4. The molecule has 0 spiro atoms. The summed E-state index contributed by atoms with van der Waals surface area (Å²) < 4.78 is 0.666. The van der Waals surface area contributed by atoms with Crippen LogP contribution >= 0.6 is 15.9 Å². The van der Waals surface area contributed by atoms with E-state index in [9.17, 15) is 39.4 Å². The first-order valence-corrected chi connectivity index (χ1v) is 10.9. The van der Waals surface area contributed by atoms with Crippen LogP contribution < -0.4 is 0 Å². The molecule has 0 saturated heterocycles. The van der Waals surface area contributed by atoms with Crippen LogP contribution in [0, 0.1) is 20.2 Å². The number of benzene rings is 3. The molecular weight excluding hydrogens is 540 g/mol. The fourth-order valence-corrected chi connectivity index (χ4v) is 3.94. The van der Waals surface area contributed by atoms with Crippen molar-refractivity contribution in [3.63, 3.8) is 0 Å². The minimum absolute atomic E-state index is 0.126. The van der Waals surface area contributed by atoms with Gasteiger partial charge in [0, 0.05) is 22.2 Å². The molecule has 3 amide bonds. The van der Waals surface area contributed by atoms with E-state index in [1.165, 1.54) is 36.4 Å². The quantitative estimate of drug-likeness (QED) is 0.185. The molecule has 3 aromatic rings. The molecule has 0 aliphatic carbocycles. The Balaban J connectivity index is 1.83. The van der Waals surface area contributed by atoms with Crippen molar-refractivity contribution in [2.24, 2.45) is 0 Å². The van der Waals surface area contributed by atoms with Gasteiger partial charge in [-0.25, -0.2) is 5.01 Å². The molecular formula is C23H13BrN4O8. The third kappa shape index (κ3) is 4.22. The zero-order valence-electron chi connectivity index (χ0n) is 18.0. The molecule has 0 aromatic heterocycles. The Bertz CT molecular complexity index is 1470. The number of rotatable bonds is 7. The van der Waals surface area contributed by atoms with Crippen molar-refractivity contribution in [2.75, 3.05) is 6.54 Å². The number of nitrogens with zero attached hydrogens (tertiary/aromatic N) is 4. The number of amides is 3. The summed E-state index contributed by atoms with van der Waals surface area (Å²) in [6.07, 6.45) is 0. The average Bonchev–Trinajstić information content (AvgIpc) is 3.12. The molecule has 3 aromatic carbocycles. The van der Waals surface area contributed by atoms with Crippen LogP contribution in [0.15, 0.2) is 71.2 Å². The zero-order valence-corrected chi connectivity index (χ0v) is 19.6. The van der Waals surface area contributed by atoms with Crippen LogP contribution in [0.3, 0.4) is 0 Å². The Labute approximate surface area is 210 Å². The Morgan fingerprint density at radius 2 is 1.44 bits per heavy atom. The second-order valence-electron chi connectivity index (χ2n) is 7.45.